The van der Waals surface area contributed by atoms with Crippen molar-refractivity contribution in [3.05, 3.63) is 95.8 Å². The number of nitrogens with zero attached hydrogens (tertiary/aromatic N) is 7. The molecule has 3 aromatic carbocycles. The summed E-state index contributed by atoms with van der Waals surface area (Å²) in [7, 11) is 0. The Labute approximate surface area is 230 Å². The van der Waals surface area contributed by atoms with Crippen LogP contribution in [0.5, 0.6) is 11.8 Å². The Morgan fingerprint density at radius 3 is 2.38 bits per heavy atom. The van der Waals surface area contributed by atoms with Crippen molar-refractivity contribution in [3.63, 3.8) is 0 Å². The van der Waals surface area contributed by atoms with Gasteiger partial charge in [0.25, 0.3) is 11.8 Å². The molecule has 0 aliphatic carbocycles. The first-order chi connectivity index (χ1) is 19.7. The number of H-pyrrole nitrogens is 1. The lowest BCUT2D eigenvalue weighted by molar-refractivity contribution is 0.292. The number of aryl methyl sites for hydroxylation is 1. The number of fused-ring (bicyclic) bond motifs is 1. The van der Waals surface area contributed by atoms with E-state index >= 15 is 0 Å². The normalized spacial score (nSPS) is 11.2. The second-order valence-electron chi connectivity index (χ2n) is 9.51. The number of hydrogen-bond donors (Lipinski definition) is 2. The van der Waals surface area contributed by atoms with E-state index in [2.05, 4.69) is 62.0 Å². The van der Waals surface area contributed by atoms with E-state index in [0.717, 1.165) is 52.9 Å². The molecule has 0 fully saturated rings. The smallest absolute Gasteiger partial charge is 0.262 e. The lowest BCUT2D eigenvalue weighted by atomic mass is 9.98. The third kappa shape index (κ3) is 5.11. The van der Waals surface area contributed by atoms with Gasteiger partial charge in [0.1, 0.15) is 17.9 Å². The van der Waals surface area contributed by atoms with Crippen LogP contribution in [0.2, 0.25) is 0 Å². The quantitative estimate of drug-likeness (QED) is 0.242. The number of rotatable bonds is 10. The molecule has 0 saturated carbocycles. The molecule has 0 amide bonds. The Bertz CT molecular complexity index is 1720. The maximum absolute atomic E-state index is 10.8. The Balaban J connectivity index is 1.33. The van der Waals surface area contributed by atoms with Crippen LogP contribution in [0.1, 0.15) is 36.7 Å². The van der Waals surface area contributed by atoms with Gasteiger partial charge in [-0.2, -0.15) is 0 Å². The largest absolute Gasteiger partial charge is 0.491 e. The van der Waals surface area contributed by atoms with Gasteiger partial charge in [-0.15, -0.1) is 15.3 Å². The lowest BCUT2D eigenvalue weighted by Crippen LogP contribution is -2.06. The van der Waals surface area contributed by atoms with Gasteiger partial charge in [-0.25, -0.2) is 10.1 Å². The molecule has 0 saturated heterocycles. The monoisotopic (exact) mass is 532 g/mol. The Morgan fingerprint density at radius 1 is 0.850 bits per heavy atom. The molecule has 6 aromatic rings. The highest BCUT2D eigenvalue weighted by Crippen LogP contribution is 2.32. The number of nitrogens with one attached hydrogen (secondary N) is 1. The fourth-order valence-corrected chi connectivity index (χ4v) is 4.77. The van der Waals surface area contributed by atoms with Gasteiger partial charge in [0.05, 0.1) is 0 Å². The number of ether oxygens (including phenoxy) is 1. The predicted octanol–water partition coefficient (Wildman–Crippen LogP) is 5.35. The second kappa shape index (κ2) is 11.3. The number of aromatic hydroxyl groups is 1. The SMILES string of the molecule is CCCCc1nc2c(OCc3ccccc3)nnc(O)c2n1Cc1ccc(-c2ccccc2-c2nnn[nH]2)cc1. The number of aromatic nitrogens is 8. The number of aromatic amines is 1. The average molecular weight is 533 g/mol. The maximum Gasteiger partial charge on any atom is 0.262 e. The molecule has 0 radical (unpaired) electrons. The van der Waals surface area contributed by atoms with E-state index < -0.39 is 0 Å². The van der Waals surface area contributed by atoms with Crippen LogP contribution in [0.15, 0.2) is 78.9 Å². The summed E-state index contributed by atoms with van der Waals surface area (Å²) >= 11 is 0. The molecular formula is C30H28N8O2. The van der Waals surface area contributed by atoms with Gasteiger partial charge >= 0.3 is 0 Å². The molecule has 3 heterocycles. The zero-order valence-electron chi connectivity index (χ0n) is 22.0. The summed E-state index contributed by atoms with van der Waals surface area (Å²) < 4.78 is 8.03. The summed E-state index contributed by atoms with van der Waals surface area (Å²) in [4.78, 5) is 4.88. The van der Waals surface area contributed by atoms with Crippen molar-refractivity contribution < 1.29 is 9.84 Å². The number of benzene rings is 3. The van der Waals surface area contributed by atoms with Gasteiger partial charge in [-0.3, -0.25) is 0 Å². The molecule has 3 aromatic heterocycles. The summed E-state index contributed by atoms with van der Waals surface area (Å²) in [5.41, 5.74) is 6.10. The maximum atomic E-state index is 10.8. The number of hydrogen-bond acceptors (Lipinski definition) is 8. The highest BCUT2D eigenvalue weighted by Gasteiger charge is 2.21. The van der Waals surface area contributed by atoms with Gasteiger partial charge in [0.2, 0.25) is 0 Å². The van der Waals surface area contributed by atoms with Crippen LogP contribution in [0.3, 0.4) is 0 Å². The minimum atomic E-state index is -0.163. The van der Waals surface area contributed by atoms with E-state index in [1.165, 1.54) is 0 Å². The standard InChI is InChI=1S/C30H28N8O2/c1-2-3-13-25-31-26-27(29(39)34-35-30(26)40-19-21-9-5-4-6-10-21)38(25)18-20-14-16-22(17-15-20)23-11-7-8-12-24(23)28-32-36-37-33-28/h4-12,14-17H,2-3,13,18-19H2,1H3,(H,34,39)(H,32,33,36,37). The Hall–Kier alpha value is -5.12. The molecule has 0 aliphatic rings. The summed E-state index contributed by atoms with van der Waals surface area (Å²) in [6, 6.07) is 26.2. The van der Waals surface area contributed by atoms with Gasteiger partial charge in [0.15, 0.2) is 11.3 Å². The van der Waals surface area contributed by atoms with Crippen LogP contribution in [0.4, 0.5) is 0 Å². The van der Waals surface area contributed by atoms with E-state index in [-0.39, 0.29) is 5.88 Å². The molecule has 0 aliphatic heterocycles. The first-order valence-electron chi connectivity index (χ1n) is 13.2. The third-order valence-electron chi connectivity index (χ3n) is 6.80. The summed E-state index contributed by atoms with van der Waals surface area (Å²) in [6.45, 7) is 2.99. The molecule has 10 heteroatoms. The van der Waals surface area contributed by atoms with E-state index in [1.54, 1.807) is 0 Å². The molecule has 0 unspecified atom stereocenters. The fourth-order valence-electron chi connectivity index (χ4n) is 4.77. The van der Waals surface area contributed by atoms with Crippen LogP contribution in [0, 0.1) is 0 Å². The highest BCUT2D eigenvalue weighted by molar-refractivity contribution is 5.85. The van der Waals surface area contributed by atoms with Crippen molar-refractivity contribution in [1.82, 2.24) is 40.4 Å². The molecule has 0 bridgehead atoms. The Morgan fingerprint density at radius 2 is 1.62 bits per heavy atom. The molecule has 40 heavy (non-hydrogen) atoms. The average Bonchev–Trinajstić information content (AvgIpc) is 3.66. The summed E-state index contributed by atoms with van der Waals surface area (Å²) in [6.07, 6.45) is 2.76. The first-order valence-corrected chi connectivity index (χ1v) is 13.2. The van der Waals surface area contributed by atoms with Gasteiger partial charge < -0.3 is 14.4 Å². The molecule has 0 atom stereocenters. The van der Waals surface area contributed by atoms with E-state index in [0.29, 0.717) is 35.9 Å². The van der Waals surface area contributed by atoms with Crippen LogP contribution < -0.4 is 4.74 Å². The van der Waals surface area contributed by atoms with Gasteiger partial charge in [-0.1, -0.05) is 92.2 Å². The number of tetrazole rings is 1. The summed E-state index contributed by atoms with van der Waals surface area (Å²) in [5.74, 6) is 1.62. The van der Waals surface area contributed by atoms with E-state index in [1.807, 2.05) is 59.2 Å². The van der Waals surface area contributed by atoms with Crippen molar-refractivity contribution >= 4 is 11.0 Å². The van der Waals surface area contributed by atoms with Crippen LogP contribution in [0.25, 0.3) is 33.5 Å². The van der Waals surface area contributed by atoms with E-state index in [9.17, 15) is 5.11 Å². The van der Waals surface area contributed by atoms with Gasteiger partial charge in [-0.05, 0) is 39.1 Å². The first kappa shape index (κ1) is 25.2. The topological polar surface area (TPSA) is 128 Å². The number of unbranched alkanes of at least 4 members (excludes halogenated alkanes) is 1. The van der Waals surface area contributed by atoms with Crippen molar-refractivity contribution in [2.24, 2.45) is 0 Å². The molecule has 0 spiro atoms. The zero-order chi connectivity index (χ0) is 27.3. The van der Waals surface area contributed by atoms with Crippen molar-refractivity contribution in [3.8, 4) is 34.3 Å². The number of imidazole rings is 1. The van der Waals surface area contributed by atoms with Crippen LogP contribution >= 0.6 is 0 Å². The van der Waals surface area contributed by atoms with Crippen LogP contribution in [-0.2, 0) is 19.6 Å². The molecule has 200 valence electrons. The van der Waals surface area contributed by atoms with E-state index in [4.69, 9.17) is 9.72 Å². The van der Waals surface area contributed by atoms with Gasteiger partial charge in [0, 0.05) is 18.5 Å². The summed E-state index contributed by atoms with van der Waals surface area (Å²) in [5, 5.41) is 33.3. The predicted molar refractivity (Wildman–Crippen MR) is 151 cm³/mol. The molecule has 10 nitrogen and oxygen atoms in total. The molecular weight excluding hydrogens is 504 g/mol. The second-order valence-corrected chi connectivity index (χ2v) is 9.51. The molecule has 6 rings (SSSR count). The van der Waals surface area contributed by atoms with Crippen molar-refractivity contribution in [2.75, 3.05) is 0 Å². The highest BCUT2D eigenvalue weighted by atomic mass is 16.5. The third-order valence-corrected chi connectivity index (χ3v) is 6.80. The van der Waals surface area contributed by atoms with Crippen molar-refractivity contribution in [2.45, 2.75) is 39.3 Å². The minimum absolute atomic E-state index is 0.163. The minimum Gasteiger partial charge on any atom is -0.491 e. The Kier molecular flexibility index (Phi) is 7.12. The lowest BCUT2D eigenvalue weighted by Gasteiger charge is -2.12. The fraction of sp³-hybridized carbons (Fsp3) is 0.200. The zero-order valence-corrected chi connectivity index (χ0v) is 22.0. The van der Waals surface area contributed by atoms with Crippen LogP contribution in [-0.4, -0.2) is 45.5 Å². The van der Waals surface area contributed by atoms with Crippen molar-refractivity contribution in [1.29, 1.82) is 0 Å². The molecule has 2 N–H and O–H groups in total.